The van der Waals surface area contributed by atoms with Crippen LogP contribution < -0.4 is 9.80 Å². The van der Waals surface area contributed by atoms with Crippen molar-refractivity contribution < 1.29 is 0 Å². The van der Waals surface area contributed by atoms with E-state index in [2.05, 4.69) is 204 Å². The van der Waals surface area contributed by atoms with Crippen LogP contribution in [0.4, 0.5) is 22.7 Å². The molecule has 0 saturated carbocycles. The average Bonchev–Trinajstić information content (AvgIpc) is 3.44. The summed E-state index contributed by atoms with van der Waals surface area (Å²) in [5, 5.41) is 22.4. The highest BCUT2D eigenvalue weighted by atomic mass is 15.2. The third-order valence-corrected chi connectivity index (χ3v) is 13.9. The normalized spacial score (nSPS) is 16.1. The summed E-state index contributed by atoms with van der Waals surface area (Å²) >= 11 is 0. The number of benzene rings is 8. The minimum absolute atomic E-state index is 0.0393. The van der Waals surface area contributed by atoms with E-state index < -0.39 is 0 Å². The number of hydrogen-bond donors (Lipinski definition) is 0. The van der Waals surface area contributed by atoms with Gasteiger partial charge < -0.3 is 9.80 Å². The molecule has 4 nitrogen and oxygen atoms in total. The lowest BCUT2D eigenvalue weighted by Crippen LogP contribution is -2.35. The Balaban J connectivity index is 1.05. The first-order valence-electron chi connectivity index (χ1n) is 23.7. The molecule has 0 aromatic heterocycles. The molecule has 4 aliphatic carbocycles. The van der Waals surface area contributed by atoms with Crippen molar-refractivity contribution in [3.05, 3.63) is 300 Å². The molecule has 328 valence electrons. The Kier molecular flexibility index (Phi) is 10.8. The van der Waals surface area contributed by atoms with Crippen molar-refractivity contribution in [1.82, 2.24) is 0 Å². The molecule has 0 N–H and O–H groups in total. The summed E-state index contributed by atoms with van der Waals surface area (Å²) in [5.41, 5.74) is 19.6. The molecular formula is C66H44N4. The summed E-state index contributed by atoms with van der Waals surface area (Å²) in [6.07, 6.45) is 18.2. The second-order valence-corrected chi connectivity index (χ2v) is 17.8. The molecule has 70 heavy (non-hydrogen) atoms. The molecule has 0 bridgehead atoms. The largest absolute Gasteiger partial charge is 0.308 e. The molecule has 4 aliphatic rings. The first kappa shape index (κ1) is 41.9. The van der Waals surface area contributed by atoms with E-state index in [9.17, 15) is 10.5 Å². The predicted octanol–water partition coefficient (Wildman–Crippen LogP) is 16.4. The van der Waals surface area contributed by atoms with E-state index in [1.807, 2.05) is 72.8 Å². The third kappa shape index (κ3) is 7.33. The van der Waals surface area contributed by atoms with Crippen molar-refractivity contribution in [2.45, 2.75) is 0 Å². The van der Waals surface area contributed by atoms with Gasteiger partial charge in [-0.05, 0) is 116 Å². The first-order chi connectivity index (χ1) is 34.7. The predicted molar refractivity (Wildman–Crippen MR) is 286 cm³/mol. The minimum Gasteiger partial charge on any atom is -0.308 e. The molecule has 2 unspecified atom stereocenters. The molecule has 0 fully saturated rings. The number of allylic oxidation sites excluding steroid dienone is 12. The van der Waals surface area contributed by atoms with Crippen LogP contribution in [0.1, 0.15) is 11.1 Å². The van der Waals surface area contributed by atoms with Crippen molar-refractivity contribution in [3.8, 4) is 56.6 Å². The van der Waals surface area contributed by atoms with E-state index in [0.29, 0.717) is 11.1 Å². The van der Waals surface area contributed by atoms with E-state index in [1.54, 1.807) is 0 Å². The van der Waals surface area contributed by atoms with Gasteiger partial charge in [-0.15, -0.1) is 0 Å². The number of nitriles is 2. The summed E-state index contributed by atoms with van der Waals surface area (Å²) in [6.45, 7) is 0. The topological polar surface area (TPSA) is 54.1 Å². The number of anilines is 4. The van der Waals surface area contributed by atoms with Gasteiger partial charge in [0.15, 0.2) is 0 Å². The van der Waals surface area contributed by atoms with Crippen LogP contribution in [0.2, 0.25) is 0 Å². The van der Waals surface area contributed by atoms with E-state index in [0.717, 1.165) is 78.7 Å². The van der Waals surface area contributed by atoms with Crippen LogP contribution in [-0.4, -0.2) is 0 Å². The number of nitrogens with zero attached hydrogens (tertiary/aromatic N) is 4. The molecule has 0 aliphatic heterocycles. The van der Waals surface area contributed by atoms with Crippen molar-refractivity contribution in [2.75, 3.05) is 9.80 Å². The Morgan fingerprint density at radius 2 is 0.771 bits per heavy atom. The van der Waals surface area contributed by atoms with Gasteiger partial charge in [-0.1, -0.05) is 194 Å². The van der Waals surface area contributed by atoms with Crippen LogP contribution in [0.5, 0.6) is 0 Å². The standard InChI is InChI=1S/C66H44N4/c67-43-53-39-51(45-19-7-1-8-20-45)41-59(47-23-11-3-12-24-47)65(53)69(55-27-15-5-16-28-55)61-37-33-49-32-36-58-62(38-34-50-31-35-57(61)63(49)64(50)58)70(56-29-17-6-18-30-56)66-54(44-68)40-52(46-21-9-2-10-22-46)42-60(66)48-25-13-4-14-26-48/h1-42,63-64H. The van der Waals surface area contributed by atoms with Gasteiger partial charge in [-0.2, -0.15) is 10.5 Å². The Morgan fingerprint density at radius 3 is 1.27 bits per heavy atom. The second-order valence-electron chi connectivity index (χ2n) is 17.8. The van der Waals surface area contributed by atoms with Crippen molar-refractivity contribution in [1.29, 1.82) is 10.5 Å². The molecule has 12 rings (SSSR count). The average molecular weight is 893 g/mol. The lowest BCUT2D eigenvalue weighted by Gasteiger charge is -2.45. The maximum Gasteiger partial charge on any atom is 0.101 e. The molecule has 8 aromatic rings. The quantitative estimate of drug-likeness (QED) is 0.137. The van der Waals surface area contributed by atoms with Gasteiger partial charge in [0.2, 0.25) is 0 Å². The Morgan fingerprint density at radius 1 is 0.357 bits per heavy atom. The van der Waals surface area contributed by atoms with Crippen LogP contribution in [-0.2, 0) is 0 Å². The molecule has 0 heterocycles. The third-order valence-electron chi connectivity index (χ3n) is 13.9. The lowest BCUT2D eigenvalue weighted by molar-refractivity contribution is 0.551. The maximum absolute atomic E-state index is 11.2. The van der Waals surface area contributed by atoms with E-state index in [4.69, 9.17) is 0 Å². The number of hydrogen-bond acceptors (Lipinski definition) is 4. The smallest absolute Gasteiger partial charge is 0.101 e. The number of para-hydroxylation sites is 2. The zero-order valence-electron chi connectivity index (χ0n) is 38.2. The Labute approximate surface area is 409 Å². The highest BCUT2D eigenvalue weighted by molar-refractivity contribution is 5.95. The van der Waals surface area contributed by atoms with Crippen molar-refractivity contribution >= 4 is 22.7 Å². The van der Waals surface area contributed by atoms with Gasteiger partial charge in [0.1, 0.15) is 12.1 Å². The fourth-order valence-electron chi connectivity index (χ4n) is 10.8. The van der Waals surface area contributed by atoms with Crippen LogP contribution in [0.3, 0.4) is 0 Å². The van der Waals surface area contributed by atoms with Gasteiger partial charge in [-0.3, -0.25) is 0 Å². The summed E-state index contributed by atoms with van der Waals surface area (Å²) in [6, 6.07) is 76.2. The lowest BCUT2D eigenvalue weighted by atomic mass is 9.63. The SMILES string of the molecule is N#Cc1cc(-c2ccccc2)cc(-c2ccccc2)c1N(C1=CC=C2C=CC3=C(N(c4ccccc4)c4c(C#N)cc(-c5ccccc5)cc4-c4ccccc4)C=CC4=CC=C1C2C43)c1ccccc1. The fourth-order valence-corrected chi connectivity index (χ4v) is 10.8. The van der Waals surface area contributed by atoms with Gasteiger partial charge >= 0.3 is 0 Å². The molecule has 0 amide bonds. The molecule has 8 aromatic carbocycles. The van der Waals surface area contributed by atoms with Crippen LogP contribution in [0, 0.1) is 34.5 Å². The van der Waals surface area contributed by atoms with E-state index >= 15 is 0 Å². The monoisotopic (exact) mass is 892 g/mol. The molecule has 0 spiro atoms. The van der Waals surface area contributed by atoms with Gasteiger partial charge in [0.25, 0.3) is 0 Å². The van der Waals surface area contributed by atoms with E-state index in [1.165, 1.54) is 22.3 Å². The Hall–Kier alpha value is -9.48. The molecule has 0 saturated heterocycles. The van der Waals surface area contributed by atoms with Crippen molar-refractivity contribution in [3.63, 3.8) is 0 Å². The van der Waals surface area contributed by atoms with Crippen molar-refractivity contribution in [2.24, 2.45) is 11.8 Å². The Bertz CT molecular complexity index is 3640. The number of rotatable bonds is 10. The van der Waals surface area contributed by atoms with Gasteiger partial charge in [0, 0.05) is 34.3 Å². The summed E-state index contributed by atoms with van der Waals surface area (Å²) < 4.78 is 0. The van der Waals surface area contributed by atoms with Crippen LogP contribution in [0.25, 0.3) is 44.5 Å². The molecule has 4 heteroatoms. The zero-order chi connectivity index (χ0) is 47.0. The second kappa shape index (κ2) is 18.0. The molecule has 2 atom stereocenters. The highest BCUT2D eigenvalue weighted by Crippen LogP contribution is 2.56. The summed E-state index contributed by atoms with van der Waals surface area (Å²) in [5.74, 6) is -0.0786. The minimum atomic E-state index is -0.0393. The van der Waals surface area contributed by atoms with Gasteiger partial charge in [-0.25, -0.2) is 0 Å². The fraction of sp³-hybridized carbons (Fsp3) is 0.0303. The summed E-state index contributed by atoms with van der Waals surface area (Å²) in [7, 11) is 0. The maximum atomic E-state index is 11.2. The summed E-state index contributed by atoms with van der Waals surface area (Å²) in [4.78, 5) is 4.62. The zero-order valence-corrected chi connectivity index (χ0v) is 38.2. The van der Waals surface area contributed by atoms with Crippen LogP contribution >= 0.6 is 0 Å². The molecular weight excluding hydrogens is 849 g/mol. The van der Waals surface area contributed by atoms with Crippen LogP contribution in [0.15, 0.2) is 289 Å². The highest BCUT2D eigenvalue weighted by Gasteiger charge is 2.43. The molecule has 0 radical (unpaired) electrons. The van der Waals surface area contributed by atoms with Gasteiger partial charge in [0.05, 0.1) is 33.9 Å². The van der Waals surface area contributed by atoms with E-state index in [-0.39, 0.29) is 11.8 Å². The first-order valence-corrected chi connectivity index (χ1v) is 23.7.